The molecule has 0 spiro atoms. The lowest BCUT2D eigenvalue weighted by molar-refractivity contribution is 0.0490. The van der Waals surface area contributed by atoms with Gasteiger partial charge in [-0.05, 0) is 105 Å². The van der Waals surface area contributed by atoms with Crippen molar-refractivity contribution in [1.29, 1.82) is 0 Å². The molecule has 7 N–H and O–H groups in total. The zero-order chi connectivity index (χ0) is 50.3. The molecule has 1 aromatic heterocycles. The summed E-state index contributed by atoms with van der Waals surface area (Å²) in [5.74, 6) is 0.742. The summed E-state index contributed by atoms with van der Waals surface area (Å²) in [5.41, 5.74) is 10.1. The quantitative estimate of drug-likeness (QED) is 0.0512. The maximum absolute atomic E-state index is 13.4. The lowest BCUT2D eigenvalue weighted by Crippen LogP contribution is -2.43. The first-order valence-electron chi connectivity index (χ1n) is 23.2. The van der Waals surface area contributed by atoms with Crippen LogP contribution in [0.4, 0.5) is 20.1 Å². The third-order valence-electron chi connectivity index (χ3n) is 12.8. The van der Waals surface area contributed by atoms with Gasteiger partial charge >= 0.3 is 18.3 Å². The largest absolute Gasteiger partial charge is 0.506 e. The number of carbonyl (C=O) groups is 3. The van der Waals surface area contributed by atoms with E-state index >= 15 is 0 Å². The van der Waals surface area contributed by atoms with Crippen molar-refractivity contribution in [3.63, 3.8) is 0 Å². The fraction of sp³-hybridized carbons (Fsp3) is 0.423. The normalized spacial score (nSPS) is 15.8. The van der Waals surface area contributed by atoms with Crippen LogP contribution in [0.1, 0.15) is 102 Å². The molecule has 0 bridgehead atoms. The molecule has 15 nitrogen and oxygen atoms in total. The van der Waals surface area contributed by atoms with Gasteiger partial charge in [-0.25, -0.2) is 14.4 Å². The first-order valence-corrected chi connectivity index (χ1v) is 26.5. The fourth-order valence-electron chi connectivity index (χ4n) is 8.41. The van der Waals surface area contributed by atoms with Crippen LogP contribution in [0.25, 0.3) is 22.0 Å². The summed E-state index contributed by atoms with van der Waals surface area (Å²) in [6.45, 7) is 17.0. The smallest absolute Gasteiger partial charge is 0.411 e. The Balaban J connectivity index is 1.15. The molecule has 6 rings (SSSR count). The number of methoxy groups -OCH3 is 1. The van der Waals surface area contributed by atoms with E-state index in [1.165, 1.54) is 13.2 Å². The predicted molar refractivity (Wildman–Crippen MR) is 272 cm³/mol. The molecule has 1 saturated carbocycles. The van der Waals surface area contributed by atoms with Crippen molar-refractivity contribution in [1.82, 2.24) is 15.6 Å². The average Bonchev–Trinajstić information content (AvgIpc) is 3.26. The van der Waals surface area contributed by atoms with Gasteiger partial charge in [-0.15, -0.1) is 0 Å². The summed E-state index contributed by atoms with van der Waals surface area (Å²) in [7, 11) is -0.798. The zero-order valence-electron chi connectivity index (χ0n) is 41.0. The van der Waals surface area contributed by atoms with Crippen molar-refractivity contribution in [2.75, 3.05) is 25.6 Å². The number of H-pyrrole nitrogens is 1. The SMILES string of the molecule is COc1cc(NC(=O)OCCc2ccc(-c3ccccc3)c(OC(N)=O)c2[C@H]2CC[C@H](NC(=O)OC(C)(C)C)CC2)c(Cl)cc1CNC[C@H](O[Si](C)(C)C(C)(C)C)c1ccc(O)c2[nH]c(=O)ccc12. The molecule has 4 aromatic carbocycles. The number of halogens is 1. The summed E-state index contributed by atoms with van der Waals surface area (Å²) in [6.07, 6.45) is 0.397. The fourth-order valence-corrected chi connectivity index (χ4v) is 9.91. The number of fused-ring (bicyclic) bond motifs is 1. The number of primary amides is 1. The number of alkyl carbamates (subject to hydrolysis) is 1. The molecule has 0 unspecified atom stereocenters. The highest BCUT2D eigenvalue weighted by molar-refractivity contribution is 6.74. The van der Waals surface area contributed by atoms with Crippen molar-refractivity contribution >= 4 is 54.8 Å². The highest BCUT2D eigenvalue weighted by Crippen LogP contribution is 2.45. The Labute approximate surface area is 409 Å². The number of nitrogens with two attached hydrogens (primary N) is 1. The number of aromatic nitrogens is 1. The Kier molecular flexibility index (Phi) is 16.8. The minimum atomic E-state index is -2.33. The maximum Gasteiger partial charge on any atom is 0.411 e. The molecular formula is C52H66ClN5O10Si. The molecule has 0 radical (unpaired) electrons. The van der Waals surface area contributed by atoms with Crippen LogP contribution >= 0.6 is 11.6 Å². The molecule has 370 valence electrons. The molecule has 3 amide bonds. The van der Waals surface area contributed by atoms with Crippen molar-refractivity contribution in [2.24, 2.45) is 5.73 Å². The van der Waals surface area contributed by atoms with Crippen LogP contribution in [0.3, 0.4) is 0 Å². The molecular weight excluding hydrogens is 918 g/mol. The highest BCUT2D eigenvalue weighted by atomic mass is 35.5. The second-order valence-corrected chi connectivity index (χ2v) is 25.1. The standard InChI is InChI=1S/C52H66ClN5O10Si/c1-51(2,3)67-50(63)56-35-18-15-32(16-19-35)45-33(17-20-36(47(45)66-48(54)61)31-13-11-10-12-14-31)25-26-65-49(62)57-40-28-42(64-7)34(27-39(40)53)29-55-30-43(68-69(8,9)52(4,5)6)37-21-23-41(59)46-38(37)22-24-44(60)58-46/h10-14,17,20-24,27-28,32,35,43,55,59H,15-16,18-19,25-26,29-30H2,1-9H3,(H2,54,61)(H,56,63)(H,57,62)(H,58,60)/t32-,35-,43-/m0/s1. The number of aromatic amines is 1. The predicted octanol–water partition coefficient (Wildman–Crippen LogP) is 11.2. The van der Waals surface area contributed by atoms with Crippen LogP contribution in [-0.2, 0) is 26.9 Å². The zero-order valence-corrected chi connectivity index (χ0v) is 42.7. The van der Waals surface area contributed by atoms with E-state index in [2.05, 4.69) is 54.8 Å². The number of nitrogens with one attached hydrogen (secondary N) is 4. The molecule has 5 aromatic rings. The molecule has 0 saturated heterocycles. The highest BCUT2D eigenvalue weighted by Gasteiger charge is 2.40. The number of aromatic hydroxyl groups is 1. The number of benzene rings is 4. The minimum Gasteiger partial charge on any atom is -0.506 e. The Morgan fingerprint density at radius 2 is 1.62 bits per heavy atom. The van der Waals surface area contributed by atoms with Gasteiger partial charge in [0.2, 0.25) is 5.56 Å². The first-order chi connectivity index (χ1) is 32.5. The summed E-state index contributed by atoms with van der Waals surface area (Å²) >= 11 is 6.79. The number of phenols is 1. The van der Waals surface area contributed by atoms with Crippen molar-refractivity contribution < 1.29 is 42.9 Å². The molecule has 69 heavy (non-hydrogen) atoms. The van der Waals surface area contributed by atoms with Gasteiger partial charge in [0, 0.05) is 59.8 Å². The lowest BCUT2D eigenvalue weighted by Gasteiger charge is -2.39. The number of rotatable bonds is 16. The monoisotopic (exact) mass is 983 g/mol. The van der Waals surface area contributed by atoms with Crippen LogP contribution in [0.5, 0.6) is 17.2 Å². The van der Waals surface area contributed by atoms with Crippen LogP contribution in [0.15, 0.2) is 83.7 Å². The van der Waals surface area contributed by atoms with Crippen molar-refractivity contribution in [2.45, 2.75) is 122 Å². The molecule has 1 aliphatic carbocycles. The Morgan fingerprint density at radius 3 is 2.28 bits per heavy atom. The van der Waals surface area contributed by atoms with Crippen molar-refractivity contribution in [3.05, 3.63) is 116 Å². The van der Waals surface area contributed by atoms with Gasteiger partial charge in [0.05, 0.1) is 36.0 Å². The third-order valence-corrected chi connectivity index (χ3v) is 17.6. The van der Waals surface area contributed by atoms with E-state index in [1.807, 2.05) is 69.3 Å². The van der Waals surface area contributed by atoms with Crippen LogP contribution in [0, 0.1) is 0 Å². The Morgan fingerprint density at radius 1 is 0.913 bits per heavy atom. The van der Waals surface area contributed by atoms with Gasteiger partial charge in [0.25, 0.3) is 0 Å². The van der Waals surface area contributed by atoms with Gasteiger partial charge in [-0.2, -0.15) is 0 Å². The van der Waals surface area contributed by atoms with Crippen LogP contribution in [-0.4, -0.2) is 68.6 Å². The van der Waals surface area contributed by atoms with E-state index in [0.717, 1.165) is 27.8 Å². The summed E-state index contributed by atoms with van der Waals surface area (Å²) in [4.78, 5) is 53.3. The van der Waals surface area contributed by atoms with E-state index < -0.39 is 38.3 Å². The number of ether oxygens (including phenoxy) is 4. The average molecular weight is 985 g/mol. The van der Waals surface area contributed by atoms with E-state index in [9.17, 15) is 24.3 Å². The maximum atomic E-state index is 13.4. The number of hydrogen-bond donors (Lipinski definition) is 6. The molecule has 1 fully saturated rings. The number of phenolic OH excluding ortho intramolecular Hbond substituents is 1. The van der Waals surface area contributed by atoms with Crippen molar-refractivity contribution in [3.8, 4) is 28.4 Å². The van der Waals surface area contributed by atoms with E-state index in [0.29, 0.717) is 73.2 Å². The number of hydrogen-bond acceptors (Lipinski definition) is 11. The van der Waals surface area contributed by atoms with Gasteiger partial charge < -0.3 is 49.8 Å². The van der Waals surface area contributed by atoms with Gasteiger partial charge in [-0.1, -0.05) is 80.9 Å². The van der Waals surface area contributed by atoms with Gasteiger partial charge in [0.15, 0.2) is 8.32 Å². The Bertz CT molecular complexity index is 2690. The molecule has 0 aliphatic heterocycles. The third kappa shape index (κ3) is 13.6. The number of pyridine rings is 1. The number of amides is 3. The summed E-state index contributed by atoms with van der Waals surface area (Å²) in [6, 6.07) is 23.2. The lowest BCUT2D eigenvalue weighted by atomic mass is 9.78. The number of anilines is 1. The van der Waals surface area contributed by atoms with Gasteiger partial charge in [0.1, 0.15) is 22.8 Å². The van der Waals surface area contributed by atoms with Crippen LogP contribution < -0.4 is 36.7 Å². The first kappa shape index (κ1) is 52.3. The van der Waals surface area contributed by atoms with E-state index in [1.54, 1.807) is 24.3 Å². The second-order valence-electron chi connectivity index (χ2n) is 19.9. The molecule has 17 heteroatoms. The Hall–Kier alpha value is -6.07. The molecule has 1 heterocycles. The van der Waals surface area contributed by atoms with Crippen LogP contribution in [0.2, 0.25) is 23.2 Å². The van der Waals surface area contributed by atoms with Gasteiger partial charge in [-0.3, -0.25) is 10.1 Å². The second kappa shape index (κ2) is 22.1. The summed E-state index contributed by atoms with van der Waals surface area (Å²) < 4.78 is 29.7. The number of carbonyl (C=O) groups excluding carboxylic acids is 3. The minimum absolute atomic E-state index is 0.0175. The summed E-state index contributed by atoms with van der Waals surface area (Å²) in [5, 5.41) is 20.7. The van der Waals surface area contributed by atoms with E-state index in [4.69, 9.17) is 40.7 Å². The topological polar surface area (TPSA) is 213 Å². The molecule has 1 atom stereocenters. The molecule has 1 aliphatic rings. The van der Waals surface area contributed by atoms with E-state index in [-0.39, 0.29) is 45.6 Å².